The molecule has 0 saturated heterocycles. The summed E-state index contributed by atoms with van der Waals surface area (Å²) in [6, 6.07) is 20.1. The SMILES string of the molecule is CC(C)C(C)(NC(c1ccccc1)c1ccccc1)P(O)O. The van der Waals surface area contributed by atoms with Crippen LogP contribution in [0.3, 0.4) is 0 Å². The number of nitrogens with one attached hydrogen (secondary N) is 1. The van der Waals surface area contributed by atoms with Crippen molar-refractivity contribution >= 4 is 8.38 Å². The fourth-order valence-electron chi connectivity index (χ4n) is 2.40. The summed E-state index contributed by atoms with van der Waals surface area (Å²) in [5, 5.41) is 2.75. The van der Waals surface area contributed by atoms with Crippen LogP contribution in [0.1, 0.15) is 37.9 Å². The molecule has 3 N–H and O–H groups in total. The van der Waals surface area contributed by atoms with Gasteiger partial charge >= 0.3 is 0 Å². The topological polar surface area (TPSA) is 52.5 Å². The first kappa shape index (κ1) is 17.1. The molecule has 2 rings (SSSR count). The van der Waals surface area contributed by atoms with Crippen LogP contribution in [0, 0.1) is 5.92 Å². The van der Waals surface area contributed by atoms with Crippen LogP contribution in [0.5, 0.6) is 0 Å². The molecule has 118 valence electrons. The second-order valence-electron chi connectivity index (χ2n) is 5.99. The molecule has 2 aromatic carbocycles. The Bertz CT molecular complexity index is 525. The van der Waals surface area contributed by atoms with E-state index in [1.165, 1.54) is 0 Å². The summed E-state index contributed by atoms with van der Waals surface area (Å²) in [6.07, 6.45) is 0. The standard InChI is InChI=1S/C18H24NO2P/c1-14(2)18(3,22(20)21)19-17(15-10-6-4-7-11-15)16-12-8-5-9-13-16/h4-14,17,19-21H,1-3H3. The van der Waals surface area contributed by atoms with Crippen LogP contribution in [-0.2, 0) is 0 Å². The highest BCUT2D eigenvalue weighted by Gasteiger charge is 2.38. The molecule has 0 saturated carbocycles. The first-order chi connectivity index (χ1) is 10.4. The van der Waals surface area contributed by atoms with Gasteiger partial charge in [0.2, 0.25) is 0 Å². The first-order valence-corrected chi connectivity index (χ1v) is 8.75. The van der Waals surface area contributed by atoms with Crippen molar-refractivity contribution in [1.82, 2.24) is 5.32 Å². The molecule has 0 amide bonds. The van der Waals surface area contributed by atoms with Crippen LogP contribution >= 0.6 is 8.38 Å². The van der Waals surface area contributed by atoms with Gasteiger partial charge in [-0.1, -0.05) is 74.5 Å². The molecular weight excluding hydrogens is 293 g/mol. The smallest absolute Gasteiger partial charge is 0.186 e. The zero-order valence-electron chi connectivity index (χ0n) is 13.3. The second-order valence-corrected chi connectivity index (χ2v) is 7.50. The zero-order chi connectivity index (χ0) is 16.2. The lowest BCUT2D eigenvalue weighted by molar-refractivity contribution is 0.299. The quantitative estimate of drug-likeness (QED) is 0.705. The molecule has 0 aliphatic carbocycles. The Hall–Kier alpha value is -1.25. The van der Waals surface area contributed by atoms with Crippen molar-refractivity contribution in [2.45, 2.75) is 32.1 Å². The number of hydrogen-bond donors (Lipinski definition) is 3. The zero-order valence-corrected chi connectivity index (χ0v) is 14.2. The van der Waals surface area contributed by atoms with Crippen molar-refractivity contribution in [2.24, 2.45) is 5.92 Å². The highest BCUT2D eigenvalue weighted by molar-refractivity contribution is 7.46. The third-order valence-electron chi connectivity index (χ3n) is 4.24. The van der Waals surface area contributed by atoms with Crippen LogP contribution in [0.25, 0.3) is 0 Å². The lowest BCUT2D eigenvalue weighted by atomic mass is 9.95. The molecule has 0 heterocycles. The molecule has 0 aliphatic rings. The predicted molar refractivity (Wildman–Crippen MR) is 92.5 cm³/mol. The molecule has 4 heteroatoms. The maximum atomic E-state index is 9.94. The fraction of sp³-hybridized carbons (Fsp3) is 0.333. The van der Waals surface area contributed by atoms with Crippen LogP contribution in [0.4, 0.5) is 0 Å². The van der Waals surface area contributed by atoms with Gasteiger partial charge in [0.1, 0.15) is 0 Å². The molecule has 1 atom stereocenters. The molecule has 2 aromatic rings. The minimum atomic E-state index is -2.11. The van der Waals surface area contributed by atoms with Gasteiger partial charge in [-0.3, -0.25) is 5.32 Å². The van der Waals surface area contributed by atoms with Crippen molar-refractivity contribution in [3.63, 3.8) is 0 Å². The molecule has 0 aliphatic heterocycles. The van der Waals surface area contributed by atoms with Gasteiger partial charge < -0.3 is 9.79 Å². The molecular formula is C18H24NO2P. The van der Waals surface area contributed by atoms with Gasteiger partial charge in [-0.2, -0.15) is 0 Å². The Kier molecular flexibility index (Phi) is 5.71. The average Bonchev–Trinajstić information content (AvgIpc) is 2.53. The Morgan fingerprint density at radius 3 is 1.59 bits per heavy atom. The summed E-state index contributed by atoms with van der Waals surface area (Å²) in [5.74, 6) is 0.0866. The van der Waals surface area contributed by atoms with Crippen molar-refractivity contribution < 1.29 is 9.79 Å². The normalized spacial score (nSPS) is 14.5. The van der Waals surface area contributed by atoms with E-state index in [1.807, 2.05) is 57.2 Å². The minimum Gasteiger partial charge on any atom is -0.349 e. The van der Waals surface area contributed by atoms with Crippen LogP contribution in [0.15, 0.2) is 60.7 Å². The molecule has 22 heavy (non-hydrogen) atoms. The average molecular weight is 317 g/mol. The van der Waals surface area contributed by atoms with E-state index in [9.17, 15) is 9.79 Å². The van der Waals surface area contributed by atoms with Crippen molar-refractivity contribution in [3.05, 3.63) is 71.8 Å². The maximum absolute atomic E-state index is 9.94. The highest BCUT2D eigenvalue weighted by atomic mass is 31.2. The molecule has 0 aromatic heterocycles. The Morgan fingerprint density at radius 2 is 1.27 bits per heavy atom. The summed E-state index contributed by atoms with van der Waals surface area (Å²) < 4.78 is 0. The number of benzene rings is 2. The van der Waals surface area contributed by atoms with E-state index < -0.39 is 13.7 Å². The van der Waals surface area contributed by atoms with Crippen molar-refractivity contribution in [1.29, 1.82) is 0 Å². The van der Waals surface area contributed by atoms with Gasteiger partial charge in [0.25, 0.3) is 0 Å². The van der Waals surface area contributed by atoms with Crippen molar-refractivity contribution in [2.75, 3.05) is 0 Å². The van der Waals surface area contributed by atoms with Gasteiger partial charge in [-0.05, 0) is 24.0 Å². The van der Waals surface area contributed by atoms with E-state index in [4.69, 9.17) is 0 Å². The second kappa shape index (κ2) is 7.34. The van der Waals surface area contributed by atoms with Gasteiger partial charge in [-0.25, -0.2) is 0 Å². The third-order valence-corrected chi connectivity index (χ3v) is 5.72. The number of hydrogen-bond acceptors (Lipinski definition) is 3. The van der Waals surface area contributed by atoms with Crippen LogP contribution in [0.2, 0.25) is 0 Å². The minimum absolute atomic E-state index is 0.0842. The molecule has 0 fully saturated rings. The lowest BCUT2D eigenvalue weighted by Gasteiger charge is -2.39. The van der Waals surface area contributed by atoms with E-state index in [0.717, 1.165) is 11.1 Å². The van der Waals surface area contributed by atoms with E-state index in [0.29, 0.717) is 0 Å². The molecule has 1 unspecified atom stereocenters. The predicted octanol–water partition coefficient (Wildman–Crippen LogP) is 4.03. The Morgan fingerprint density at radius 1 is 0.864 bits per heavy atom. The molecule has 0 bridgehead atoms. The maximum Gasteiger partial charge on any atom is 0.186 e. The fourth-order valence-corrected chi connectivity index (χ4v) is 3.10. The van der Waals surface area contributed by atoms with E-state index in [2.05, 4.69) is 29.6 Å². The molecule has 3 nitrogen and oxygen atoms in total. The van der Waals surface area contributed by atoms with Gasteiger partial charge in [-0.15, -0.1) is 0 Å². The molecule has 0 spiro atoms. The Labute approximate surface area is 133 Å². The van der Waals surface area contributed by atoms with E-state index >= 15 is 0 Å². The monoisotopic (exact) mass is 317 g/mol. The van der Waals surface area contributed by atoms with Gasteiger partial charge in [0.05, 0.1) is 11.3 Å². The van der Waals surface area contributed by atoms with Crippen LogP contribution in [-0.4, -0.2) is 15.1 Å². The Balaban J connectivity index is 2.42. The summed E-state index contributed by atoms with van der Waals surface area (Å²) in [7, 11) is -2.11. The number of rotatable bonds is 6. The summed E-state index contributed by atoms with van der Waals surface area (Å²) in [4.78, 5) is 19.9. The molecule has 0 radical (unpaired) electrons. The largest absolute Gasteiger partial charge is 0.349 e. The van der Waals surface area contributed by atoms with Crippen molar-refractivity contribution in [3.8, 4) is 0 Å². The van der Waals surface area contributed by atoms with E-state index in [1.54, 1.807) is 0 Å². The first-order valence-electron chi connectivity index (χ1n) is 7.50. The van der Waals surface area contributed by atoms with Gasteiger partial charge in [0.15, 0.2) is 8.38 Å². The van der Waals surface area contributed by atoms with Gasteiger partial charge in [0, 0.05) is 0 Å². The summed E-state index contributed by atoms with van der Waals surface area (Å²) in [6.45, 7) is 5.88. The lowest BCUT2D eigenvalue weighted by Crippen LogP contribution is -2.47. The summed E-state index contributed by atoms with van der Waals surface area (Å²) >= 11 is 0. The third kappa shape index (κ3) is 3.74. The highest BCUT2D eigenvalue weighted by Crippen LogP contribution is 2.46. The summed E-state index contributed by atoms with van der Waals surface area (Å²) in [5.41, 5.74) is 2.22. The van der Waals surface area contributed by atoms with E-state index in [-0.39, 0.29) is 12.0 Å². The van der Waals surface area contributed by atoms with Crippen LogP contribution < -0.4 is 5.32 Å².